The summed E-state index contributed by atoms with van der Waals surface area (Å²) >= 11 is 6.17. The van der Waals surface area contributed by atoms with Crippen molar-refractivity contribution in [1.29, 1.82) is 0 Å². The molecule has 0 aliphatic carbocycles. The van der Waals surface area contributed by atoms with Crippen LogP contribution in [0.25, 0.3) is 0 Å². The first kappa shape index (κ1) is 11.8. The Kier molecular flexibility index (Phi) is 3.78. The molecule has 2 rings (SSSR count). The fourth-order valence-corrected chi connectivity index (χ4v) is 1.97. The summed E-state index contributed by atoms with van der Waals surface area (Å²) in [6.45, 7) is 3.18. The summed E-state index contributed by atoms with van der Waals surface area (Å²) in [6, 6.07) is 3.97. The quantitative estimate of drug-likeness (QED) is 0.748. The summed E-state index contributed by atoms with van der Waals surface area (Å²) < 4.78 is 5.32. The maximum atomic E-state index is 6.17. The van der Waals surface area contributed by atoms with Gasteiger partial charge in [-0.1, -0.05) is 23.7 Å². The molecule has 2 nitrogen and oxygen atoms in total. The molecule has 0 aromatic heterocycles. The van der Waals surface area contributed by atoms with Crippen LogP contribution in [-0.4, -0.2) is 6.61 Å². The summed E-state index contributed by atoms with van der Waals surface area (Å²) in [7, 11) is 0. The zero-order chi connectivity index (χ0) is 9.42. The smallest absolute Gasteiger partial charge is 0.0721 e. The number of ether oxygens (including phenoxy) is 1. The Morgan fingerprint density at radius 3 is 2.93 bits per heavy atom. The fraction of sp³-hybridized carbons (Fsp3) is 0.400. The Bertz CT molecular complexity index is 341. The molecule has 1 unspecified atom stereocenters. The topological polar surface area (TPSA) is 35.2 Å². The minimum absolute atomic E-state index is 0. The van der Waals surface area contributed by atoms with Crippen molar-refractivity contribution >= 4 is 24.0 Å². The van der Waals surface area contributed by atoms with E-state index < -0.39 is 0 Å². The second-order valence-electron chi connectivity index (χ2n) is 3.39. The molecule has 0 spiro atoms. The predicted octanol–water partition coefficient (Wildman–Crippen LogP) is 2.60. The van der Waals surface area contributed by atoms with E-state index >= 15 is 0 Å². The Hall–Kier alpha value is -0.280. The van der Waals surface area contributed by atoms with Crippen molar-refractivity contribution in [2.24, 2.45) is 5.73 Å². The van der Waals surface area contributed by atoms with E-state index in [0.717, 1.165) is 21.7 Å². The minimum atomic E-state index is -0.0730. The van der Waals surface area contributed by atoms with Gasteiger partial charge in [-0.15, -0.1) is 12.4 Å². The first-order valence-electron chi connectivity index (χ1n) is 4.31. The van der Waals surface area contributed by atoms with Gasteiger partial charge in [0.1, 0.15) is 0 Å². The molecule has 0 radical (unpaired) electrons. The van der Waals surface area contributed by atoms with Gasteiger partial charge < -0.3 is 10.5 Å². The molecule has 78 valence electrons. The lowest BCUT2D eigenvalue weighted by atomic mass is 9.97. The first-order valence-corrected chi connectivity index (χ1v) is 4.69. The highest BCUT2D eigenvalue weighted by atomic mass is 35.5. The molecule has 0 saturated heterocycles. The third-order valence-corrected chi connectivity index (χ3v) is 2.89. The maximum absolute atomic E-state index is 6.17. The number of fused-ring (bicyclic) bond motifs is 1. The molecule has 1 aromatic rings. The normalized spacial score (nSPS) is 19.8. The molecule has 0 saturated carbocycles. The highest BCUT2D eigenvalue weighted by molar-refractivity contribution is 6.32. The lowest BCUT2D eigenvalue weighted by molar-refractivity contribution is 0.0924. The third kappa shape index (κ3) is 1.89. The molecular weight excluding hydrogens is 221 g/mol. The average molecular weight is 234 g/mol. The van der Waals surface area contributed by atoms with Crippen LogP contribution in [0.3, 0.4) is 0 Å². The van der Waals surface area contributed by atoms with Crippen molar-refractivity contribution in [3.05, 3.63) is 33.8 Å². The van der Waals surface area contributed by atoms with Crippen molar-refractivity contribution in [2.45, 2.75) is 19.6 Å². The van der Waals surface area contributed by atoms with Gasteiger partial charge in [0, 0.05) is 5.02 Å². The van der Waals surface area contributed by atoms with Crippen molar-refractivity contribution in [3.8, 4) is 0 Å². The fourth-order valence-electron chi connectivity index (χ4n) is 1.65. The van der Waals surface area contributed by atoms with Gasteiger partial charge in [0.15, 0.2) is 0 Å². The van der Waals surface area contributed by atoms with Crippen molar-refractivity contribution in [3.63, 3.8) is 0 Å². The van der Waals surface area contributed by atoms with Crippen LogP contribution in [0.1, 0.15) is 22.7 Å². The second kappa shape index (κ2) is 4.49. The Morgan fingerprint density at radius 2 is 2.21 bits per heavy atom. The summed E-state index contributed by atoms with van der Waals surface area (Å²) in [5.74, 6) is 0. The molecular formula is C10H13Cl2NO. The van der Waals surface area contributed by atoms with Gasteiger partial charge in [-0.05, 0) is 23.6 Å². The molecule has 1 atom stereocenters. The van der Waals surface area contributed by atoms with Crippen LogP contribution in [-0.2, 0) is 11.3 Å². The highest BCUT2D eigenvalue weighted by Gasteiger charge is 2.20. The zero-order valence-electron chi connectivity index (χ0n) is 7.92. The van der Waals surface area contributed by atoms with Gasteiger partial charge in [-0.3, -0.25) is 0 Å². The van der Waals surface area contributed by atoms with Crippen LogP contribution < -0.4 is 5.73 Å². The molecule has 1 heterocycles. The number of halogens is 2. The summed E-state index contributed by atoms with van der Waals surface area (Å²) in [5, 5.41) is 0.799. The molecule has 2 N–H and O–H groups in total. The van der Waals surface area contributed by atoms with E-state index in [4.69, 9.17) is 22.1 Å². The Labute approximate surface area is 94.8 Å². The summed E-state index contributed by atoms with van der Waals surface area (Å²) in [6.07, 6.45) is 0. The molecule has 0 bridgehead atoms. The highest BCUT2D eigenvalue weighted by Crippen LogP contribution is 2.32. The number of benzene rings is 1. The molecule has 1 aliphatic heterocycles. The first-order chi connectivity index (χ1) is 6.20. The van der Waals surface area contributed by atoms with Crippen LogP contribution in [0.4, 0.5) is 0 Å². The lowest BCUT2D eigenvalue weighted by Crippen LogP contribution is -2.24. The molecule has 1 aliphatic rings. The summed E-state index contributed by atoms with van der Waals surface area (Å²) in [4.78, 5) is 0. The average Bonchev–Trinajstić information content (AvgIpc) is 2.12. The van der Waals surface area contributed by atoms with Crippen LogP contribution >= 0.6 is 24.0 Å². The van der Waals surface area contributed by atoms with Gasteiger partial charge in [-0.25, -0.2) is 0 Å². The van der Waals surface area contributed by atoms with E-state index in [1.807, 2.05) is 19.1 Å². The number of rotatable bonds is 0. The molecule has 4 heteroatoms. The van der Waals surface area contributed by atoms with Crippen LogP contribution in [0.2, 0.25) is 5.02 Å². The monoisotopic (exact) mass is 233 g/mol. The third-order valence-electron chi connectivity index (χ3n) is 2.39. The van der Waals surface area contributed by atoms with E-state index in [0.29, 0.717) is 13.2 Å². The number of hydrogen-bond acceptors (Lipinski definition) is 2. The van der Waals surface area contributed by atoms with Gasteiger partial charge in [0.25, 0.3) is 0 Å². The summed E-state index contributed by atoms with van der Waals surface area (Å²) in [5.41, 5.74) is 9.17. The van der Waals surface area contributed by atoms with E-state index in [9.17, 15) is 0 Å². The van der Waals surface area contributed by atoms with Crippen LogP contribution in [0.5, 0.6) is 0 Å². The van der Waals surface area contributed by atoms with Crippen molar-refractivity contribution < 1.29 is 4.74 Å². The van der Waals surface area contributed by atoms with Gasteiger partial charge in [0.05, 0.1) is 19.3 Å². The Balaban J connectivity index is 0.000000980. The number of nitrogens with two attached hydrogens (primary N) is 1. The van der Waals surface area contributed by atoms with E-state index in [1.165, 1.54) is 0 Å². The number of aryl methyl sites for hydroxylation is 1. The van der Waals surface area contributed by atoms with Crippen LogP contribution in [0.15, 0.2) is 12.1 Å². The van der Waals surface area contributed by atoms with Crippen LogP contribution in [0, 0.1) is 6.92 Å². The second-order valence-corrected chi connectivity index (χ2v) is 3.77. The lowest BCUT2D eigenvalue weighted by Gasteiger charge is -2.24. The van der Waals surface area contributed by atoms with Crippen molar-refractivity contribution in [2.75, 3.05) is 6.61 Å². The van der Waals surface area contributed by atoms with Gasteiger partial charge in [-0.2, -0.15) is 0 Å². The minimum Gasteiger partial charge on any atom is -0.375 e. The SMILES string of the molecule is Cc1ccc2c(c1Cl)C(N)COC2.Cl. The molecule has 0 amide bonds. The van der Waals surface area contributed by atoms with Crippen molar-refractivity contribution in [1.82, 2.24) is 0 Å². The van der Waals surface area contributed by atoms with Gasteiger partial charge >= 0.3 is 0 Å². The zero-order valence-corrected chi connectivity index (χ0v) is 9.49. The molecule has 1 aromatic carbocycles. The van der Waals surface area contributed by atoms with E-state index in [2.05, 4.69) is 0 Å². The van der Waals surface area contributed by atoms with E-state index in [1.54, 1.807) is 0 Å². The Morgan fingerprint density at radius 1 is 1.50 bits per heavy atom. The number of hydrogen-bond donors (Lipinski definition) is 1. The predicted molar refractivity (Wildman–Crippen MR) is 60.0 cm³/mol. The standard InChI is InChI=1S/C10H12ClNO.ClH/c1-6-2-3-7-4-13-5-8(12)9(7)10(6)11;/h2-3,8H,4-5,12H2,1H3;1H. The molecule has 0 fully saturated rings. The maximum Gasteiger partial charge on any atom is 0.0721 e. The van der Waals surface area contributed by atoms with Gasteiger partial charge in [0.2, 0.25) is 0 Å². The van der Waals surface area contributed by atoms with E-state index in [-0.39, 0.29) is 18.4 Å². The molecule has 14 heavy (non-hydrogen) atoms. The largest absolute Gasteiger partial charge is 0.375 e.